The predicted octanol–water partition coefficient (Wildman–Crippen LogP) is 2.46. The van der Waals surface area contributed by atoms with Crippen molar-refractivity contribution in [2.75, 3.05) is 28.7 Å². The van der Waals surface area contributed by atoms with Gasteiger partial charge in [-0.15, -0.1) is 0 Å². The Hall–Kier alpha value is -0.970. The standard InChI is InChI=1S/C11H20N4S/c1-4-12-10-6-11(14-8-13-10)15-9(3)7-16-5-2/h6,8-9H,4-5,7H2,1-3H3,(H2,12,13,14,15). The second kappa shape index (κ2) is 7.33. The zero-order chi connectivity index (χ0) is 11.8. The van der Waals surface area contributed by atoms with E-state index in [4.69, 9.17) is 0 Å². The Morgan fingerprint density at radius 1 is 1.31 bits per heavy atom. The molecule has 0 saturated heterocycles. The number of rotatable bonds is 7. The Morgan fingerprint density at radius 3 is 2.75 bits per heavy atom. The minimum atomic E-state index is 0.425. The molecule has 0 aliphatic carbocycles. The highest BCUT2D eigenvalue weighted by Crippen LogP contribution is 2.11. The van der Waals surface area contributed by atoms with Crippen LogP contribution in [0.15, 0.2) is 12.4 Å². The van der Waals surface area contributed by atoms with E-state index in [9.17, 15) is 0 Å². The monoisotopic (exact) mass is 240 g/mol. The maximum atomic E-state index is 4.20. The number of aromatic nitrogens is 2. The van der Waals surface area contributed by atoms with E-state index in [0.29, 0.717) is 6.04 Å². The third kappa shape index (κ3) is 4.70. The lowest BCUT2D eigenvalue weighted by molar-refractivity contribution is 0.898. The van der Waals surface area contributed by atoms with Crippen molar-refractivity contribution < 1.29 is 0 Å². The first-order valence-electron chi connectivity index (χ1n) is 5.66. The number of thioether (sulfide) groups is 1. The molecule has 0 aromatic carbocycles. The van der Waals surface area contributed by atoms with E-state index in [1.165, 1.54) is 0 Å². The lowest BCUT2D eigenvalue weighted by atomic mass is 10.4. The fourth-order valence-electron chi connectivity index (χ4n) is 1.30. The van der Waals surface area contributed by atoms with E-state index in [1.807, 2.05) is 17.8 Å². The number of hydrogen-bond donors (Lipinski definition) is 2. The van der Waals surface area contributed by atoms with Crippen LogP contribution >= 0.6 is 11.8 Å². The number of nitrogens with one attached hydrogen (secondary N) is 2. The van der Waals surface area contributed by atoms with Crippen molar-refractivity contribution in [3.8, 4) is 0 Å². The fraction of sp³-hybridized carbons (Fsp3) is 0.636. The van der Waals surface area contributed by atoms with Gasteiger partial charge in [0.25, 0.3) is 0 Å². The number of hydrogen-bond acceptors (Lipinski definition) is 5. The summed E-state index contributed by atoms with van der Waals surface area (Å²) in [6.45, 7) is 7.26. The maximum absolute atomic E-state index is 4.20. The van der Waals surface area contributed by atoms with Crippen LogP contribution in [-0.4, -0.2) is 34.1 Å². The molecule has 4 nitrogen and oxygen atoms in total. The van der Waals surface area contributed by atoms with E-state index in [-0.39, 0.29) is 0 Å². The van der Waals surface area contributed by atoms with Gasteiger partial charge in [-0.3, -0.25) is 0 Å². The summed E-state index contributed by atoms with van der Waals surface area (Å²) in [4.78, 5) is 8.33. The fourth-order valence-corrected chi connectivity index (χ4v) is 1.98. The zero-order valence-corrected chi connectivity index (χ0v) is 11.0. The average Bonchev–Trinajstić information content (AvgIpc) is 2.27. The molecule has 2 N–H and O–H groups in total. The van der Waals surface area contributed by atoms with Crippen LogP contribution in [0.1, 0.15) is 20.8 Å². The van der Waals surface area contributed by atoms with Gasteiger partial charge in [0.15, 0.2) is 0 Å². The van der Waals surface area contributed by atoms with Gasteiger partial charge in [0.05, 0.1) is 0 Å². The molecule has 1 atom stereocenters. The molecule has 1 unspecified atom stereocenters. The highest BCUT2D eigenvalue weighted by atomic mass is 32.2. The first-order valence-corrected chi connectivity index (χ1v) is 6.82. The van der Waals surface area contributed by atoms with Crippen LogP contribution in [0.5, 0.6) is 0 Å². The first-order chi connectivity index (χ1) is 7.76. The summed E-state index contributed by atoms with van der Waals surface area (Å²) >= 11 is 1.93. The molecule has 1 rings (SSSR count). The first kappa shape index (κ1) is 13.1. The summed E-state index contributed by atoms with van der Waals surface area (Å²) in [6.07, 6.45) is 1.58. The molecule has 0 aliphatic rings. The number of nitrogens with zero attached hydrogens (tertiary/aromatic N) is 2. The van der Waals surface area contributed by atoms with Crippen LogP contribution < -0.4 is 10.6 Å². The Morgan fingerprint density at radius 2 is 2.06 bits per heavy atom. The highest BCUT2D eigenvalue weighted by Gasteiger charge is 2.03. The maximum Gasteiger partial charge on any atom is 0.131 e. The molecule has 0 saturated carbocycles. The van der Waals surface area contributed by atoms with Crippen molar-refractivity contribution >= 4 is 23.4 Å². The Labute approximate surface area is 102 Å². The van der Waals surface area contributed by atoms with Gasteiger partial charge < -0.3 is 10.6 Å². The molecule has 0 radical (unpaired) electrons. The predicted molar refractivity (Wildman–Crippen MR) is 72.3 cm³/mol. The third-order valence-corrected chi connectivity index (χ3v) is 3.14. The summed E-state index contributed by atoms with van der Waals surface area (Å²) in [5, 5.41) is 6.53. The summed E-state index contributed by atoms with van der Waals surface area (Å²) < 4.78 is 0. The molecule has 0 fully saturated rings. The van der Waals surface area contributed by atoms with Crippen LogP contribution in [0.2, 0.25) is 0 Å². The molecule has 0 aliphatic heterocycles. The van der Waals surface area contributed by atoms with E-state index in [2.05, 4.69) is 41.4 Å². The molecule has 1 aromatic rings. The molecular formula is C11H20N4S. The lowest BCUT2D eigenvalue weighted by Gasteiger charge is -2.14. The van der Waals surface area contributed by atoms with Gasteiger partial charge in [-0.25, -0.2) is 9.97 Å². The van der Waals surface area contributed by atoms with E-state index < -0.39 is 0 Å². The van der Waals surface area contributed by atoms with E-state index in [0.717, 1.165) is 29.7 Å². The smallest absolute Gasteiger partial charge is 0.131 e. The lowest BCUT2D eigenvalue weighted by Crippen LogP contribution is -2.19. The highest BCUT2D eigenvalue weighted by molar-refractivity contribution is 7.99. The van der Waals surface area contributed by atoms with Crippen molar-refractivity contribution in [1.29, 1.82) is 0 Å². The van der Waals surface area contributed by atoms with E-state index >= 15 is 0 Å². The third-order valence-electron chi connectivity index (χ3n) is 1.99. The van der Waals surface area contributed by atoms with Crippen molar-refractivity contribution in [2.45, 2.75) is 26.8 Å². The molecule has 0 bridgehead atoms. The quantitative estimate of drug-likeness (QED) is 0.766. The van der Waals surface area contributed by atoms with Crippen LogP contribution in [0, 0.1) is 0 Å². The Kier molecular flexibility index (Phi) is 6.00. The van der Waals surface area contributed by atoms with Crippen molar-refractivity contribution in [3.63, 3.8) is 0 Å². The number of anilines is 2. The average molecular weight is 240 g/mol. The minimum Gasteiger partial charge on any atom is -0.370 e. The molecule has 90 valence electrons. The van der Waals surface area contributed by atoms with Gasteiger partial charge in [0.1, 0.15) is 18.0 Å². The van der Waals surface area contributed by atoms with Crippen molar-refractivity contribution in [1.82, 2.24) is 9.97 Å². The minimum absolute atomic E-state index is 0.425. The summed E-state index contributed by atoms with van der Waals surface area (Å²) in [7, 11) is 0. The van der Waals surface area contributed by atoms with Gasteiger partial charge in [0.2, 0.25) is 0 Å². The molecule has 1 aromatic heterocycles. The largest absolute Gasteiger partial charge is 0.370 e. The Balaban J connectivity index is 2.49. The summed E-state index contributed by atoms with van der Waals surface area (Å²) in [6, 6.07) is 2.37. The van der Waals surface area contributed by atoms with Gasteiger partial charge in [0, 0.05) is 24.4 Å². The van der Waals surface area contributed by atoms with Crippen LogP contribution in [-0.2, 0) is 0 Å². The normalized spacial score (nSPS) is 12.2. The van der Waals surface area contributed by atoms with Crippen LogP contribution in [0.4, 0.5) is 11.6 Å². The van der Waals surface area contributed by atoms with Crippen molar-refractivity contribution in [3.05, 3.63) is 12.4 Å². The zero-order valence-electron chi connectivity index (χ0n) is 10.2. The van der Waals surface area contributed by atoms with E-state index in [1.54, 1.807) is 6.33 Å². The van der Waals surface area contributed by atoms with Gasteiger partial charge in [-0.1, -0.05) is 6.92 Å². The summed E-state index contributed by atoms with van der Waals surface area (Å²) in [5.41, 5.74) is 0. The SMILES string of the molecule is CCNc1cc(NC(C)CSCC)ncn1. The van der Waals surface area contributed by atoms with Crippen LogP contribution in [0.25, 0.3) is 0 Å². The van der Waals surface area contributed by atoms with Gasteiger partial charge in [-0.2, -0.15) is 11.8 Å². The van der Waals surface area contributed by atoms with Crippen LogP contribution in [0.3, 0.4) is 0 Å². The topological polar surface area (TPSA) is 49.8 Å². The van der Waals surface area contributed by atoms with Gasteiger partial charge >= 0.3 is 0 Å². The molecule has 0 spiro atoms. The molecular weight excluding hydrogens is 220 g/mol. The molecule has 16 heavy (non-hydrogen) atoms. The van der Waals surface area contributed by atoms with Gasteiger partial charge in [-0.05, 0) is 19.6 Å². The summed E-state index contributed by atoms with van der Waals surface area (Å²) in [5.74, 6) is 4.00. The Bertz CT molecular complexity index is 306. The second-order valence-electron chi connectivity index (χ2n) is 3.52. The molecule has 0 amide bonds. The van der Waals surface area contributed by atoms with Crippen molar-refractivity contribution in [2.24, 2.45) is 0 Å². The molecule has 1 heterocycles. The second-order valence-corrected chi connectivity index (χ2v) is 4.84. The molecule has 5 heteroatoms.